The van der Waals surface area contributed by atoms with Crippen molar-refractivity contribution in [3.63, 3.8) is 0 Å². The molecule has 0 spiro atoms. The highest BCUT2D eigenvalue weighted by Crippen LogP contribution is 2.59. The molecule has 0 saturated heterocycles. The first kappa shape index (κ1) is 18.3. The lowest BCUT2D eigenvalue weighted by molar-refractivity contribution is -0.0503. The Labute approximate surface area is 160 Å². The first-order valence-electron chi connectivity index (χ1n) is 9.88. The summed E-state index contributed by atoms with van der Waals surface area (Å²) < 4.78 is 0. The van der Waals surface area contributed by atoms with Gasteiger partial charge in [0.1, 0.15) is 0 Å². The van der Waals surface area contributed by atoms with Crippen molar-refractivity contribution in [3.8, 4) is 0 Å². The average molecular weight is 377 g/mol. The Bertz CT molecular complexity index is 655. The Morgan fingerprint density at radius 2 is 1.85 bits per heavy atom. The van der Waals surface area contributed by atoms with Gasteiger partial charge in [0.2, 0.25) is 0 Å². The molecule has 5 heteroatoms. The molecule has 4 aliphatic rings. The molecule has 0 aliphatic heterocycles. The van der Waals surface area contributed by atoms with E-state index in [1.165, 1.54) is 38.5 Å². The number of hydrogen-bond donors (Lipinski definition) is 3. The van der Waals surface area contributed by atoms with Crippen LogP contribution in [-0.4, -0.2) is 31.2 Å². The summed E-state index contributed by atoms with van der Waals surface area (Å²) >= 11 is 6.27. The number of aliphatic hydroxyl groups excluding tert-OH is 1. The molecule has 5 rings (SSSR count). The van der Waals surface area contributed by atoms with Crippen LogP contribution in [0.1, 0.15) is 60.6 Å². The van der Waals surface area contributed by atoms with Crippen LogP contribution in [0.25, 0.3) is 0 Å². The molecule has 4 fully saturated rings. The van der Waals surface area contributed by atoms with Gasteiger partial charge in [-0.25, -0.2) is 0 Å². The number of carbonyl (C=O) groups is 1. The molecule has 1 atom stereocenters. The van der Waals surface area contributed by atoms with Crippen LogP contribution in [0.2, 0.25) is 5.02 Å². The summed E-state index contributed by atoms with van der Waals surface area (Å²) in [4.78, 5) is 12.8. The second kappa shape index (κ2) is 7.14. The van der Waals surface area contributed by atoms with Crippen molar-refractivity contribution in [2.24, 2.45) is 23.2 Å². The van der Waals surface area contributed by atoms with Gasteiger partial charge in [-0.15, -0.1) is 0 Å². The fourth-order valence-electron chi connectivity index (χ4n) is 6.10. The zero-order valence-electron chi connectivity index (χ0n) is 15.4. The second-order valence-corrected chi connectivity index (χ2v) is 9.32. The van der Waals surface area contributed by atoms with Gasteiger partial charge >= 0.3 is 0 Å². The number of likely N-dealkylation sites (N-methyl/N-ethyl adjacent to an activating group) is 1. The van der Waals surface area contributed by atoms with Gasteiger partial charge in [-0.1, -0.05) is 17.7 Å². The molecule has 1 aromatic carbocycles. The third-order valence-corrected chi connectivity index (χ3v) is 7.14. The van der Waals surface area contributed by atoms with E-state index in [1.54, 1.807) is 25.2 Å². The summed E-state index contributed by atoms with van der Waals surface area (Å²) in [5.74, 6) is 2.51. The maximum atomic E-state index is 12.8. The van der Waals surface area contributed by atoms with E-state index in [-0.39, 0.29) is 5.91 Å². The lowest BCUT2D eigenvalue weighted by Gasteiger charge is -2.56. The van der Waals surface area contributed by atoms with Gasteiger partial charge in [-0.05, 0) is 86.4 Å². The van der Waals surface area contributed by atoms with Gasteiger partial charge in [0.25, 0.3) is 5.91 Å². The van der Waals surface area contributed by atoms with Crippen molar-refractivity contribution >= 4 is 17.5 Å². The molecular formula is C21H29ClN2O2. The standard InChI is InChI=1S/C21H29ClN2O2/c1-23-11-19(25)16-2-3-18(22)17(7-16)20(26)24-12-21-8-13-4-14(9-21)6-15(5-13)10-21/h2-3,7,13-15,19,23,25H,4-6,8-12H2,1H3,(H,24,26). The quantitative estimate of drug-likeness (QED) is 0.711. The molecule has 0 heterocycles. The number of aliphatic hydroxyl groups is 1. The van der Waals surface area contributed by atoms with Crippen molar-refractivity contribution in [3.05, 3.63) is 34.3 Å². The third-order valence-electron chi connectivity index (χ3n) is 6.81. The number of nitrogens with one attached hydrogen (secondary N) is 2. The van der Waals surface area contributed by atoms with Gasteiger partial charge in [0.15, 0.2) is 0 Å². The largest absolute Gasteiger partial charge is 0.387 e. The Balaban J connectivity index is 1.44. The topological polar surface area (TPSA) is 61.4 Å². The van der Waals surface area contributed by atoms with E-state index in [9.17, 15) is 9.90 Å². The molecule has 4 saturated carbocycles. The van der Waals surface area contributed by atoms with E-state index < -0.39 is 6.10 Å². The Morgan fingerprint density at radius 3 is 2.42 bits per heavy atom. The van der Waals surface area contributed by atoms with Gasteiger partial charge < -0.3 is 15.7 Å². The number of rotatable bonds is 6. The summed E-state index contributed by atoms with van der Waals surface area (Å²) in [6.45, 7) is 1.20. The molecule has 0 aromatic heterocycles. The monoisotopic (exact) mass is 376 g/mol. The predicted octanol–water partition coefficient (Wildman–Crippen LogP) is 3.54. The van der Waals surface area contributed by atoms with Crippen molar-refractivity contribution < 1.29 is 9.90 Å². The van der Waals surface area contributed by atoms with E-state index in [1.807, 2.05) is 0 Å². The van der Waals surface area contributed by atoms with Crippen molar-refractivity contribution in [2.45, 2.75) is 44.6 Å². The highest BCUT2D eigenvalue weighted by molar-refractivity contribution is 6.33. The second-order valence-electron chi connectivity index (χ2n) is 8.91. The fourth-order valence-corrected chi connectivity index (χ4v) is 6.31. The molecule has 26 heavy (non-hydrogen) atoms. The van der Waals surface area contributed by atoms with Crippen LogP contribution in [0, 0.1) is 23.2 Å². The fraction of sp³-hybridized carbons (Fsp3) is 0.667. The van der Waals surface area contributed by atoms with E-state index >= 15 is 0 Å². The van der Waals surface area contributed by atoms with Crippen LogP contribution >= 0.6 is 11.6 Å². The first-order chi connectivity index (χ1) is 12.5. The van der Waals surface area contributed by atoms with E-state index in [0.29, 0.717) is 28.1 Å². The van der Waals surface area contributed by atoms with Crippen molar-refractivity contribution in [2.75, 3.05) is 20.1 Å². The van der Waals surface area contributed by atoms with E-state index in [2.05, 4.69) is 10.6 Å². The summed E-state index contributed by atoms with van der Waals surface area (Å²) in [6, 6.07) is 5.20. The molecule has 1 unspecified atom stereocenters. The van der Waals surface area contributed by atoms with Crippen LogP contribution in [0.15, 0.2) is 18.2 Å². The number of benzene rings is 1. The minimum absolute atomic E-state index is 0.121. The molecule has 4 nitrogen and oxygen atoms in total. The van der Waals surface area contributed by atoms with Gasteiger partial charge in [-0.3, -0.25) is 4.79 Å². The zero-order valence-corrected chi connectivity index (χ0v) is 16.2. The van der Waals surface area contributed by atoms with Crippen LogP contribution in [0.3, 0.4) is 0 Å². The Morgan fingerprint density at radius 1 is 1.23 bits per heavy atom. The van der Waals surface area contributed by atoms with E-state index in [4.69, 9.17) is 11.6 Å². The lowest BCUT2D eigenvalue weighted by Crippen LogP contribution is -2.51. The minimum Gasteiger partial charge on any atom is -0.387 e. The third kappa shape index (κ3) is 3.51. The number of hydrogen-bond acceptors (Lipinski definition) is 3. The van der Waals surface area contributed by atoms with Gasteiger partial charge in [0.05, 0.1) is 16.7 Å². The maximum Gasteiger partial charge on any atom is 0.252 e. The van der Waals surface area contributed by atoms with Crippen molar-refractivity contribution in [1.29, 1.82) is 0 Å². The highest BCUT2D eigenvalue weighted by Gasteiger charge is 2.50. The number of amides is 1. The Kier molecular flexibility index (Phi) is 5.02. The Hall–Kier alpha value is -1.10. The summed E-state index contributed by atoms with van der Waals surface area (Å²) in [6.07, 6.45) is 7.39. The summed E-state index contributed by atoms with van der Waals surface area (Å²) in [7, 11) is 1.79. The maximum absolute atomic E-state index is 12.8. The molecule has 0 radical (unpaired) electrons. The first-order valence-corrected chi connectivity index (χ1v) is 10.3. The summed E-state index contributed by atoms with van der Waals surface area (Å²) in [5, 5.41) is 16.7. The molecule has 142 valence electrons. The van der Waals surface area contributed by atoms with Gasteiger partial charge in [0, 0.05) is 13.1 Å². The SMILES string of the molecule is CNCC(O)c1ccc(Cl)c(C(=O)NCC23CC4CC(CC(C4)C2)C3)c1. The normalized spacial score (nSPS) is 33.3. The lowest BCUT2D eigenvalue weighted by atomic mass is 9.49. The zero-order chi connectivity index (χ0) is 18.3. The number of carbonyl (C=O) groups excluding carboxylic acids is 1. The van der Waals surface area contributed by atoms with E-state index in [0.717, 1.165) is 24.3 Å². The van der Waals surface area contributed by atoms with Crippen molar-refractivity contribution in [1.82, 2.24) is 10.6 Å². The van der Waals surface area contributed by atoms with Crippen LogP contribution < -0.4 is 10.6 Å². The predicted molar refractivity (Wildman–Crippen MR) is 103 cm³/mol. The average Bonchev–Trinajstić information content (AvgIpc) is 2.59. The van der Waals surface area contributed by atoms with Crippen LogP contribution in [0.4, 0.5) is 0 Å². The molecular weight excluding hydrogens is 348 g/mol. The number of halogens is 1. The molecule has 1 amide bonds. The molecule has 3 N–H and O–H groups in total. The highest BCUT2D eigenvalue weighted by atomic mass is 35.5. The van der Waals surface area contributed by atoms with Crippen LogP contribution in [-0.2, 0) is 0 Å². The summed E-state index contributed by atoms with van der Waals surface area (Å²) in [5.41, 5.74) is 1.48. The van der Waals surface area contributed by atoms with Gasteiger partial charge in [-0.2, -0.15) is 0 Å². The minimum atomic E-state index is -0.646. The molecule has 4 bridgehead atoms. The smallest absolute Gasteiger partial charge is 0.252 e. The molecule has 1 aromatic rings. The van der Waals surface area contributed by atoms with Crippen LogP contribution in [0.5, 0.6) is 0 Å². The molecule has 4 aliphatic carbocycles.